The quantitative estimate of drug-likeness (QED) is 0.288. The van der Waals surface area contributed by atoms with Crippen molar-refractivity contribution in [3.05, 3.63) is 96.1 Å². The number of nitrogens with one attached hydrogen (secondary N) is 3. The lowest BCUT2D eigenvalue weighted by molar-refractivity contribution is -0.146. The average molecular weight is 559 g/mol. The van der Waals surface area contributed by atoms with Crippen molar-refractivity contribution in [1.82, 2.24) is 15.8 Å². The molecule has 1 aliphatic rings. The minimum Gasteiger partial charge on any atom is -0.326 e. The number of benzene rings is 3. The van der Waals surface area contributed by atoms with Crippen molar-refractivity contribution in [3.8, 4) is 0 Å². The molecular weight excluding hydrogens is 520 g/mol. The summed E-state index contributed by atoms with van der Waals surface area (Å²) in [5, 5.41) is 7.24. The van der Waals surface area contributed by atoms with E-state index in [0.717, 1.165) is 16.0 Å². The van der Waals surface area contributed by atoms with Gasteiger partial charge >= 0.3 is 6.03 Å². The van der Waals surface area contributed by atoms with Gasteiger partial charge in [0.1, 0.15) is 6.04 Å². The van der Waals surface area contributed by atoms with Gasteiger partial charge in [0, 0.05) is 17.0 Å². The highest BCUT2D eigenvalue weighted by molar-refractivity contribution is 7.98. The molecule has 0 spiro atoms. The number of carbonyl (C=O) groups excluding carboxylic acids is 3. The van der Waals surface area contributed by atoms with Crippen LogP contribution < -0.4 is 16.1 Å². The van der Waals surface area contributed by atoms with E-state index >= 15 is 0 Å². The van der Waals surface area contributed by atoms with Gasteiger partial charge in [-0.1, -0.05) is 87.5 Å². The van der Waals surface area contributed by atoms with Gasteiger partial charge in [-0.15, -0.1) is 11.8 Å². The van der Waals surface area contributed by atoms with Crippen LogP contribution in [0.2, 0.25) is 0 Å². The highest BCUT2D eigenvalue weighted by atomic mass is 32.2. The first-order valence-electron chi connectivity index (χ1n) is 13.6. The van der Waals surface area contributed by atoms with Gasteiger partial charge in [-0.2, -0.15) is 0 Å². The summed E-state index contributed by atoms with van der Waals surface area (Å²) in [7, 11) is 0. The molecule has 3 aromatic rings. The number of urea groups is 1. The number of thioether (sulfide) groups is 1. The van der Waals surface area contributed by atoms with E-state index in [9.17, 15) is 14.4 Å². The van der Waals surface area contributed by atoms with Crippen molar-refractivity contribution < 1.29 is 14.4 Å². The van der Waals surface area contributed by atoms with E-state index < -0.39 is 18.1 Å². The Bertz CT molecular complexity index is 1310. The predicted molar refractivity (Wildman–Crippen MR) is 161 cm³/mol. The number of hydrogen-bond acceptors (Lipinski definition) is 4. The molecule has 8 heteroatoms. The topological polar surface area (TPSA) is 90.5 Å². The molecule has 7 nitrogen and oxygen atoms in total. The van der Waals surface area contributed by atoms with E-state index in [1.807, 2.05) is 99.8 Å². The van der Waals surface area contributed by atoms with E-state index in [2.05, 4.69) is 28.2 Å². The highest BCUT2D eigenvalue weighted by Crippen LogP contribution is 2.38. The van der Waals surface area contributed by atoms with Crippen molar-refractivity contribution >= 4 is 35.3 Å². The molecule has 4 amide bonds. The largest absolute Gasteiger partial charge is 0.326 e. The number of hydrogen-bond donors (Lipinski definition) is 3. The second-order valence-electron chi connectivity index (χ2n) is 11.4. The summed E-state index contributed by atoms with van der Waals surface area (Å²) in [4.78, 5) is 41.5. The molecule has 3 aromatic carbocycles. The van der Waals surface area contributed by atoms with Gasteiger partial charge in [-0.05, 0) is 59.8 Å². The highest BCUT2D eigenvalue weighted by Gasteiger charge is 2.40. The Kier molecular flexibility index (Phi) is 9.53. The Hall–Kier alpha value is -3.78. The molecule has 0 bridgehead atoms. The molecule has 0 saturated carbocycles. The summed E-state index contributed by atoms with van der Waals surface area (Å²) in [6.45, 7) is 5.95. The molecule has 210 valence electrons. The Balaban J connectivity index is 1.67. The number of rotatable bonds is 7. The van der Waals surface area contributed by atoms with Crippen LogP contribution in [0.3, 0.4) is 0 Å². The fourth-order valence-electron chi connectivity index (χ4n) is 5.07. The van der Waals surface area contributed by atoms with Crippen LogP contribution in [0.4, 0.5) is 10.5 Å². The van der Waals surface area contributed by atoms with Crippen LogP contribution >= 0.6 is 11.8 Å². The third-order valence-corrected chi connectivity index (χ3v) is 7.62. The van der Waals surface area contributed by atoms with Crippen molar-refractivity contribution in [2.45, 2.75) is 62.9 Å². The van der Waals surface area contributed by atoms with E-state index in [1.165, 1.54) is 5.01 Å². The van der Waals surface area contributed by atoms with Gasteiger partial charge < -0.3 is 10.6 Å². The van der Waals surface area contributed by atoms with E-state index in [1.54, 1.807) is 11.8 Å². The first kappa shape index (κ1) is 29.2. The second-order valence-corrected chi connectivity index (χ2v) is 12.2. The molecule has 0 aromatic heterocycles. The van der Waals surface area contributed by atoms with Gasteiger partial charge in [0.05, 0.1) is 6.04 Å². The smallest absolute Gasteiger partial charge is 0.319 e. The molecule has 40 heavy (non-hydrogen) atoms. The predicted octanol–water partition coefficient (Wildman–Crippen LogP) is 6.51. The maximum Gasteiger partial charge on any atom is 0.319 e. The molecule has 1 aliphatic heterocycles. The fourth-order valence-corrected chi connectivity index (χ4v) is 5.53. The van der Waals surface area contributed by atoms with Gasteiger partial charge in [0.15, 0.2) is 0 Å². The molecule has 0 radical (unpaired) electrons. The first-order valence-corrected chi connectivity index (χ1v) is 14.8. The zero-order valence-corrected chi connectivity index (χ0v) is 24.3. The van der Waals surface area contributed by atoms with Crippen molar-refractivity contribution in [1.29, 1.82) is 0 Å². The van der Waals surface area contributed by atoms with Crippen molar-refractivity contribution in [3.63, 3.8) is 0 Å². The van der Waals surface area contributed by atoms with Crippen LogP contribution in [0, 0.1) is 5.41 Å². The van der Waals surface area contributed by atoms with E-state index in [-0.39, 0.29) is 29.6 Å². The van der Waals surface area contributed by atoms with Crippen LogP contribution in [0.1, 0.15) is 63.1 Å². The molecule has 3 N–H and O–H groups in total. The standard InChI is InChI=1S/C32H38N4O3S/c1-32(2,3)21-29(37)35-36-28(23-14-9-6-10-15-23)19-24(22-12-7-5-8-13-22)18-27(30(36)38)34-31(39)33-25-16-11-17-26(20-25)40-4/h5-17,20,24,27-28H,18-19,21H2,1-4H3,(H,35,37)(H2,33,34,39). The van der Waals surface area contributed by atoms with Gasteiger partial charge in [-0.3, -0.25) is 15.0 Å². The van der Waals surface area contributed by atoms with Crippen LogP contribution in [0.15, 0.2) is 89.8 Å². The molecule has 4 rings (SSSR count). The summed E-state index contributed by atoms with van der Waals surface area (Å²) >= 11 is 1.58. The molecule has 3 atom stereocenters. The van der Waals surface area contributed by atoms with Crippen LogP contribution in [-0.2, 0) is 9.59 Å². The summed E-state index contributed by atoms with van der Waals surface area (Å²) in [5.74, 6) is -0.621. The molecule has 1 saturated heterocycles. The third-order valence-electron chi connectivity index (χ3n) is 6.90. The SMILES string of the molecule is CSc1cccc(NC(=O)NC2CC(c3ccccc3)CC(c3ccccc3)N(NC(=O)CC(C)(C)C)C2=O)c1. The number of carbonyl (C=O) groups is 3. The Labute approximate surface area is 241 Å². The van der Waals surface area contributed by atoms with Crippen LogP contribution in [-0.4, -0.2) is 35.2 Å². The molecule has 0 aliphatic carbocycles. The normalized spacial score (nSPS) is 19.4. The number of anilines is 1. The minimum atomic E-state index is -0.849. The third kappa shape index (κ3) is 7.88. The fraction of sp³-hybridized carbons (Fsp3) is 0.344. The Morgan fingerprint density at radius 3 is 2.17 bits per heavy atom. The van der Waals surface area contributed by atoms with Crippen LogP contribution in [0.5, 0.6) is 0 Å². The summed E-state index contributed by atoms with van der Waals surface area (Å²) in [6.07, 6.45) is 3.21. The Morgan fingerprint density at radius 1 is 0.900 bits per heavy atom. The maximum atomic E-state index is 14.2. The molecule has 1 heterocycles. The average Bonchev–Trinajstić information content (AvgIpc) is 3.05. The lowest BCUT2D eigenvalue weighted by Crippen LogP contribution is -2.55. The minimum absolute atomic E-state index is 0.0370. The molecule has 3 unspecified atom stereocenters. The summed E-state index contributed by atoms with van der Waals surface area (Å²) < 4.78 is 0. The van der Waals surface area contributed by atoms with Gasteiger partial charge in [-0.25, -0.2) is 9.80 Å². The van der Waals surface area contributed by atoms with Gasteiger partial charge in [0.2, 0.25) is 5.91 Å². The number of nitrogens with zero attached hydrogens (tertiary/aromatic N) is 1. The zero-order valence-electron chi connectivity index (χ0n) is 23.5. The van der Waals surface area contributed by atoms with Crippen LogP contribution in [0.25, 0.3) is 0 Å². The Morgan fingerprint density at radius 2 is 1.55 bits per heavy atom. The molecular formula is C32H38N4O3S. The second kappa shape index (κ2) is 13.0. The summed E-state index contributed by atoms with van der Waals surface area (Å²) in [6, 6.07) is 25.6. The van der Waals surface area contributed by atoms with Crippen molar-refractivity contribution in [2.75, 3.05) is 11.6 Å². The molecule has 1 fully saturated rings. The monoisotopic (exact) mass is 558 g/mol. The van der Waals surface area contributed by atoms with Gasteiger partial charge in [0.25, 0.3) is 5.91 Å². The summed E-state index contributed by atoms with van der Waals surface area (Å²) in [5.41, 5.74) is 5.32. The lowest BCUT2D eigenvalue weighted by Gasteiger charge is -2.33. The first-order chi connectivity index (χ1) is 19.1. The maximum absolute atomic E-state index is 14.2. The zero-order chi connectivity index (χ0) is 28.7. The van der Waals surface area contributed by atoms with E-state index in [0.29, 0.717) is 18.5 Å². The number of amides is 4. The van der Waals surface area contributed by atoms with Crippen molar-refractivity contribution in [2.24, 2.45) is 5.41 Å². The lowest BCUT2D eigenvalue weighted by atomic mass is 9.86. The van der Waals surface area contributed by atoms with E-state index in [4.69, 9.17) is 0 Å². The number of hydrazine groups is 1.